The lowest BCUT2D eigenvalue weighted by Gasteiger charge is -2.16. The fraction of sp³-hybridized carbons (Fsp3) is 0.0769. The Labute approximate surface area is 94.4 Å². The van der Waals surface area contributed by atoms with Gasteiger partial charge in [-0.1, -0.05) is 35.6 Å². The van der Waals surface area contributed by atoms with Crippen LogP contribution in [0.4, 0.5) is 5.69 Å². The molecule has 82 valence electrons. The Morgan fingerprint density at radius 2 is 1.75 bits per heavy atom. The fourth-order valence-corrected chi connectivity index (χ4v) is 1.38. The summed E-state index contributed by atoms with van der Waals surface area (Å²) >= 11 is 0. The number of benzene rings is 2. The Balaban J connectivity index is 2.12. The van der Waals surface area contributed by atoms with Crippen LogP contribution in [0.2, 0.25) is 0 Å². The molecule has 0 amide bonds. The van der Waals surface area contributed by atoms with E-state index in [1.54, 1.807) is 18.2 Å². The molecule has 0 saturated heterocycles. The molecule has 0 bridgehead atoms. The smallest absolute Gasteiger partial charge is 0.158 e. The van der Waals surface area contributed by atoms with Crippen molar-refractivity contribution < 1.29 is 10.0 Å². The van der Waals surface area contributed by atoms with E-state index in [1.165, 1.54) is 0 Å². The highest BCUT2D eigenvalue weighted by atomic mass is 16.9. The number of para-hydroxylation sites is 1. The van der Waals surface area contributed by atoms with Crippen molar-refractivity contribution >= 4 is 5.69 Å². The van der Waals surface area contributed by atoms with Crippen LogP contribution >= 0.6 is 0 Å². The topological polar surface area (TPSA) is 32.7 Å². The number of hydrogen-bond acceptors (Lipinski definition) is 3. The molecule has 0 heterocycles. The van der Waals surface area contributed by atoms with Crippen molar-refractivity contribution in [2.45, 2.75) is 6.92 Å². The van der Waals surface area contributed by atoms with Crippen LogP contribution in [0.25, 0.3) is 0 Å². The lowest BCUT2D eigenvalue weighted by atomic mass is 10.2. The maximum absolute atomic E-state index is 9.71. The van der Waals surface area contributed by atoms with E-state index in [0.29, 0.717) is 11.4 Å². The highest BCUT2D eigenvalue weighted by Crippen LogP contribution is 2.17. The van der Waals surface area contributed by atoms with Crippen molar-refractivity contribution in [2.75, 3.05) is 5.23 Å². The quantitative estimate of drug-likeness (QED) is 0.798. The van der Waals surface area contributed by atoms with Crippen molar-refractivity contribution in [2.24, 2.45) is 0 Å². The predicted molar refractivity (Wildman–Crippen MR) is 62.5 cm³/mol. The Hall–Kier alpha value is -2.00. The predicted octanol–water partition coefficient (Wildman–Crippen LogP) is 3.18. The van der Waals surface area contributed by atoms with Gasteiger partial charge in [0.2, 0.25) is 0 Å². The zero-order valence-corrected chi connectivity index (χ0v) is 9.00. The first-order valence-electron chi connectivity index (χ1n) is 5.04. The van der Waals surface area contributed by atoms with Crippen molar-refractivity contribution in [3.8, 4) is 5.75 Å². The summed E-state index contributed by atoms with van der Waals surface area (Å²) < 4.78 is 0. The highest BCUT2D eigenvalue weighted by molar-refractivity contribution is 5.44. The van der Waals surface area contributed by atoms with Gasteiger partial charge in [0.05, 0.1) is 0 Å². The molecule has 2 aromatic rings. The van der Waals surface area contributed by atoms with Crippen molar-refractivity contribution in [3.05, 3.63) is 60.2 Å². The van der Waals surface area contributed by atoms with Gasteiger partial charge in [0, 0.05) is 0 Å². The van der Waals surface area contributed by atoms with E-state index in [-0.39, 0.29) is 0 Å². The molecule has 0 radical (unpaired) electrons. The molecule has 16 heavy (non-hydrogen) atoms. The minimum Gasteiger partial charge on any atom is -0.354 e. The van der Waals surface area contributed by atoms with Gasteiger partial charge >= 0.3 is 0 Å². The summed E-state index contributed by atoms with van der Waals surface area (Å²) in [6.07, 6.45) is 0. The van der Waals surface area contributed by atoms with Gasteiger partial charge in [-0.2, -0.15) is 0 Å². The van der Waals surface area contributed by atoms with Crippen molar-refractivity contribution in [1.29, 1.82) is 0 Å². The summed E-state index contributed by atoms with van der Waals surface area (Å²) in [6.45, 7) is 1.96. The van der Waals surface area contributed by atoms with E-state index in [2.05, 4.69) is 0 Å². The molecule has 3 nitrogen and oxygen atoms in total. The van der Waals surface area contributed by atoms with Gasteiger partial charge in [0.15, 0.2) is 5.75 Å². The molecular formula is C13H13NO2. The molecule has 0 aliphatic carbocycles. The van der Waals surface area contributed by atoms with Crippen LogP contribution < -0.4 is 10.1 Å². The van der Waals surface area contributed by atoms with E-state index < -0.39 is 0 Å². The summed E-state index contributed by atoms with van der Waals surface area (Å²) in [5.74, 6) is 0.589. The maximum atomic E-state index is 9.71. The standard InChI is InChI=1S/C13H13NO2/c1-11-6-5-7-12(10-11)14(15)16-13-8-3-2-4-9-13/h2-10,15H,1H3. The lowest BCUT2D eigenvalue weighted by Crippen LogP contribution is -2.22. The molecule has 1 N–H and O–H groups in total. The monoisotopic (exact) mass is 215 g/mol. The molecule has 0 aromatic heterocycles. The van der Waals surface area contributed by atoms with E-state index in [4.69, 9.17) is 4.84 Å². The Kier molecular flexibility index (Phi) is 3.08. The number of nitrogens with zero attached hydrogens (tertiary/aromatic N) is 1. The van der Waals surface area contributed by atoms with Crippen LogP contribution in [-0.2, 0) is 0 Å². The maximum Gasteiger partial charge on any atom is 0.158 e. The number of hydrogen-bond donors (Lipinski definition) is 1. The summed E-state index contributed by atoms with van der Waals surface area (Å²) in [6, 6.07) is 16.6. The zero-order valence-electron chi connectivity index (χ0n) is 9.00. The number of rotatable bonds is 3. The summed E-state index contributed by atoms with van der Waals surface area (Å²) in [5.41, 5.74) is 1.66. The van der Waals surface area contributed by atoms with Gasteiger partial charge in [-0.15, -0.1) is 0 Å². The van der Waals surface area contributed by atoms with Gasteiger partial charge in [-0.25, -0.2) is 0 Å². The van der Waals surface area contributed by atoms with Gasteiger partial charge < -0.3 is 4.84 Å². The second-order valence-corrected chi connectivity index (χ2v) is 3.52. The normalized spacial score (nSPS) is 9.88. The van der Waals surface area contributed by atoms with E-state index in [9.17, 15) is 5.21 Å². The number of aryl methyl sites for hydroxylation is 1. The van der Waals surface area contributed by atoms with Crippen LogP contribution in [0.15, 0.2) is 54.6 Å². The summed E-state index contributed by atoms with van der Waals surface area (Å²) in [4.78, 5) is 5.24. The molecule has 0 atom stereocenters. The molecule has 0 spiro atoms. The summed E-state index contributed by atoms with van der Waals surface area (Å²) in [7, 11) is 0. The van der Waals surface area contributed by atoms with Crippen LogP contribution in [0.3, 0.4) is 0 Å². The van der Waals surface area contributed by atoms with Crippen LogP contribution in [-0.4, -0.2) is 5.21 Å². The van der Waals surface area contributed by atoms with E-state index in [0.717, 1.165) is 10.8 Å². The molecule has 0 saturated carbocycles. The SMILES string of the molecule is Cc1cccc(N(O)Oc2ccccc2)c1. The third-order valence-corrected chi connectivity index (χ3v) is 2.16. The van der Waals surface area contributed by atoms with Crippen LogP contribution in [0.5, 0.6) is 5.75 Å². The average Bonchev–Trinajstić information content (AvgIpc) is 2.30. The Morgan fingerprint density at radius 1 is 1.00 bits per heavy atom. The highest BCUT2D eigenvalue weighted by Gasteiger charge is 2.04. The first-order chi connectivity index (χ1) is 7.75. The molecule has 0 unspecified atom stereocenters. The van der Waals surface area contributed by atoms with Gasteiger partial charge in [-0.3, -0.25) is 5.21 Å². The molecule has 0 aliphatic heterocycles. The van der Waals surface area contributed by atoms with Gasteiger partial charge in [0.1, 0.15) is 5.69 Å². The van der Waals surface area contributed by atoms with Crippen molar-refractivity contribution in [3.63, 3.8) is 0 Å². The molecular weight excluding hydrogens is 202 g/mol. The first-order valence-corrected chi connectivity index (χ1v) is 5.04. The average molecular weight is 215 g/mol. The molecule has 0 aliphatic rings. The minimum absolute atomic E-state index is 0.589. The molecule has 0 fully saturated rings. The number of anilines is 1. The first kappa shape index (κ1) is 10.5. The minimum atomic E-state index is 0.589. The second-order valence-electron chi connectivity index (χ2n) is 3.52. The van der Waals surface area contributed by atoms with Crippen LogP contribution in [0.1, 0.15) is 5.56 Å². The third kappa shape index (κ3) is 2.52. The molecule has 2 aromatic carbocycles. The third-order valence-electron chi connectivity index (χ3n) is 2.16. The Bertz CT molecular complexity index is 456. The van der Waals surface area contributed by atoms with Gasteiger partial charge in [-0.05, 0) is 36.8 Å². The van der Waals surface area contributed by atoms with Crippen LogP contribution in [0, 0.1) is 6.92 Å². The van der Waals surface area contributed by atoms with Crippen molar-refractivity contribution in [1.82, 2.24) is 0 Å². The fourth-order valence-electron chi connectivity index (χ4n) is 1.38. The van der Waals surface area contributed by atoms with E-state index in [1.807, 2.05) is 43.3 Å². The van der Waals surface area contributed by atoms with E-state index >= 15 is 0 Å². The lowest BCUT2D eigenvalue weighted by molar-refractivity contribution is 0.0510. The molecule has 3 heteroatoms. The van der Waals surface area contributed by atoms with Gasteiger partial charge in [0.25, 0.3) is 0 Å². The zero-order chi connectivity index (χ0) is 11.4. The largest absolute Gasteiger partial charge is 0.354 e. The molecule has 2 rings (SSSR count). The summed E-state index contributed by atoms with van der Waals surface area (Å²) in [5, 5.41) is 10.5. The Morgan fingerprint density at radius 3 is 2.44 bits per heavy atom. The second kappa shape index (κ2) is 4.68.